The van der Waals surface area contributed by atoms with Crippen LogP contribution in [0.5, 0.6) is 11.5 Å². The summed E-state index contributed by atoms with van der Waals surface area (Å²) in [7, 11) is 3.16. The number of ether oxygens (including phenoxy) is 2. The van der Waals surface area contributed by atoms with E-state index in [0.717, 1.165) is 5.56 Å². The topological polar surface area (TPSA) is 82.9 Å². The maximum atomic E-state index is 5.69. The SMILES string of the molecule is COc1ccc(N=C(N)SC)c(OC)c1CN. The molecule has 0 aliphatic carbocycles. The van der Waals surface area contributed by atoms with Crippen molar-refractivity contribution >= 4 is 22.6 Å². The monoisotopic (exact) mass is 255 g/mol. The summed E-state index contributed by atoms with van der Waals surface area (Å²) in [6.07, 6.45) is 1.86. The molecule has 4 N–H and O–H groups in total. The van der Waals surface area contributed by atoms with Crippen molar-refractivity contribution in [2.24, 2.45) is 16.5 Å². The predicted octanol–water partition coefficient (Wildman–Crippen LogP) is 1.47. The zero-order chi connectivity index (χ0) is 12.8. The van der Waals surface area contributed by atoms with Gasteiger partial charge in [0.15, 0.2) is 10.9 Å². The van der Waals surface area contributed by atoms with Crippen LogP contribution < -0.4 is 20.9 Å². The maximum absolute atomic E-state index is 5.69. The van der Waals surface area contributed by atoms with Gasteiger partial charge in [-0.1, -0.05) is 11.8 Å². The van der Waals surface area contributed by atoms with Crippen LogP contribution in [0.15, 0.2) is 17.1 Å². The molecular weight excluding hydrogens is 238 g/mol. The van der Waals surface area contributed by atoms with Crippen molar-refractivity contribution in [2.75, 3.05) is 20.5 Å². The molecule has 0 spiro atoms. The second kappa shape index (κ2) is 6.36. The van der Waals surface area contributed by atoms with Gasteiger partial charge in [0.2, 0.25) is 0 Å². The minimum Gasteiger partial charge on any atom is -0.496 e. The first-order valence-corrected chi connectivity index (χ1v) is 6.22. The minimum absolute atomic E-state index is 0.314. The van der Waals surface area contributed by atoms with Gasteiger partial charge in [-0.15, -0.1) is 0 Å². The summed E-state index contributed by atoms with van der Waals surface area (Å²) < 4.78 is 10.5. The number of nitrogens with two attached hydrogens (primary N) is 2. The summed E-state index contributed by atoms with van der Waals surface area (Å²) >= 11 is 1.37. The summed E-state index contributed by atoms with van der Waals surface area (Å²) in [4.78, 5) is 4.25. The number of benzene rings is 1. The minimum atomic E-state index is 0.314. The van der Waals surface area contributed by atoms with E-state index in [1.54, 1.807) is 26.4 Å². The van der Waals surface area contributed by atoms with Gasteiger partial charge in [0.25, 0.3) is 0 Å². The summed E-state index contributed by atoms with van der Waals surface area (Å²) in [5.41, 5.74) is 12.8. The third-order valence-corrected chi connectivity index (χ3v) is 2.77. The van der Waals surface area contributed by atoms with E-state index in [9.17, 15) is 0 Å². The van der Waals surface area contributed by atoms with E-state index in [0.29, 0.717) is 28.9 Å². The van der Waals surface area contributed by atoms with E-state index in [1.165, 1.54) is 11.8 Å². The smallest absolute Gasteiger partial charge is 0.159 e. The quantitative estimate of drug-likeness (QED) is 0.629. The fraction of sp³-hybridized carbons (Fsp3) is 0.364. The van der Waals surface area contributed by atoms with Gasteiger partial charge < -0.3 is 20.9 Å². The van der Waals surface area contributed by atoms with Gasteiger partial charge in [-0.2, -0.15) is 0 Å². The van der Waals surface area contributed by atoms with Crippen molar-refractivity contribution in [3.63, 3.8) is 0 Å². The first kappa shape index (κ1) is 13.7. The molecule has 0 atom stereocenters. The van der Waals surface area contributed by atoms with Crippen molar-refractivity contribution in [2.45, 2.75) is 6.54 Å². The fourth-order valence-corrected chi connectivity index (χ4v) is 1.65. The lowest BCUT2D eigenvalue weighted by atomic mass is 10.1. The number of hydrogen-bond donors (Lipinski definition) is 2. The van der Waals surface area contributed by atoms with E-state index in [1.807, 2.05) is 6.26 Å². The van der Waals surface area contributed by atoms with E-state index < -0.39 is 0 Å². The van der Waals surface area contributed by atoms with E-state index >= 15 is 0 Å². The Morgan fingerprint density at radius 2 is 2.06 bits per heavy atom. The first-order chi connectivity index (χ1) is 8.17. The lowest BCUT2D eigenvalue weighted by Gasteiger charge is -2.13. The van der Waals surface area contributed by atoms with Gasteiger partial charge in [0, 0.05) is 6.54 Å². The second-order valence-corrected chi connectivity index (χ2v) is 3.98. The summed E-state index contributed by atoms with van der Waals surface area (Å²) in [5, 5.41) is 0.469. The molecule has 0 saturated carbocycles. The van der Waals surface area contributed by atoms with Crippen LogP contribution in [-0.4, -0.2) is 25.6 Å². The Bertz CT molecular complexity index is 421. The van der Waals surface area contributed by atoms with E-state index in [4.69, 9.17) is 20.9 Å². The molecule has 0 aliphatic rings. The average molecular weight is 255 g/mol. The van der Waals surface area contributed by atoms with Gasteiger partial charge in [-0.05, 0) is 18.4 Å². The molecule has 1 aromatic carbocycles. The largest absolute Gasteiger partial charge is 0.496 e. The average Bonchev–Trinajstić information content (AvgIpc) is 2.37. The van der Waals surface area contributed by atoms with Crippen molar-refractivity contribution in [3.8, 4) is 11.5 Å². The number of aliphatic imine (C=N–C) groups is 1. The molecule has 6 heteroatoms. The number of nitrogens with zero attached hydrogens (tertiary/aromatic N) is 1. The highest BCUT2D eigenvalue weighted by Gasteiger charge is 2.13. The molecule has 0 aromatic heterocycles. The Balaban J connectivity index is 3.33. The Hall–Kier alpha value is -1.40. The number of hydrogen-bond acceptors (Lipinski definition) is 5. The Labute approximate surface area is 105 Å². The molecule has 0 heterocycles. The molecule has 0 bridgehead atoms. The lowest BCUT2D eigenvalue weighted by molar-refractivity contribution is 0.386. The molecule has 94 valence electrons. The standard InChI is InChI=1S/C11H17N3O2S/c1-15-9-5-4-8(14-11(13)17-3)10(16-2)7(9)6-12/h4-5H,6,12H2,1-3H3,(H2,13,14). The number of amidine groups is 1. The summed E-state index contributed by atoms with van der Waals surface area (Å²) in [6, 6.07) is 3.59. The van der Waals surface area contributed by atoms with Crippen LogP contribution in [0.1, 0.15) is 5.56 Å². The van der Waals surface area contributed by atoms with Gasteiger partial charge in [0.1, 0.15) is 11.4 Å². The van der Waals surface area contributed by atoms with Crippen LogP contribution in [0.2, 0.25) is 0 Å². The van der Waals surface area contributed by atoms with Crippen LogP contribution >= 0.6 is 11.8 Å². The fourth-order valence-electron chi connectivity index (χ4n) is 1.46. The molecule has 0 amide bonds. The Morgan fingerprint density at radius 3 is 2.53 bits per heavy atom. The van der Waals surface area contributed by atoms with Crippen LogP contribution in [-0.2, 0) is 6.54 Å². The molecule has 0 fully saturated rings. The molecule has 0 unspecified atom stereocenters. The number of thioether (sulfide) groups is 1. The van der Waals surface area contributed by atoms with Crippen LogP contribution in [0, 0.1) is 0 Å². The van der Waals surface area contributed by atoms with E-state index in [2.05, 4.69) is 4.99 Å². The molecule has 1 rings (SSSR count). The molecule has 5 nitrogen and oxygen atoms in total. The molecular formula is C11H17N3O2S. The molecule has 0 radical (unpaired) electrons. The zero-order valence-electron chi connectivity index (χ0n) is 10.2. The zero-order valence-corrected chi connectivity index (χ0v) is 11.0. The highest BCUT2D eigenvalue weighted by atomic mass is 32.2. The molecule has 17 heavy (non-hydrogen) atoms. The van der Waals surface area contributed by atoms with Gasteiger partial charge in [0.05, 0.1) is 19.8 Å². The Morgan fingerprint density at radius 1 is 1.35 bits per heavy atom. The van der Waals surface area contributed by atoms with Crippen LogP contribution in [0.3, 0.4) is 0 Å². The van der Waals surface area contributed by atoms with Gasteiger partial charge in [-0.25, -0.2) is 4.99 Å². The Kier molecular flexibility index (Phi) is 5.11. The van der Waals surface area contributed by atoms with Crippen molar-refractivity contribution in [1.29, 1.82) is 0 Å². The lowest BCUT2D eigenvalue weighted by Crippen LogP contribution is -2.06. The van der Waals surface area contributed by atoms with Crippen molar-refractivity contribution in [3.05, 3.63) is 17.7 Å². The maximum Gasteiger partial charge on any atom is 0.159 e. The van der Waals surface area contributed by atoms with Crippen molar-refractivity contribution < 1.29 is 9.47 Å². The third-order valence-electron chi connectivity index (χ3n) is 2.26. The van der Waals surface area contributed by atoms with Gasteiger partial charge >= 0.3 is 0 Å². The highest BCUT2D eigenvalue weighted by Crippen LogP contribution is 2.37. The van der Waals surface area contributed by atoms with Crippen molar-refractivity contribution in [1.82, 2.24) is 0 Å². The second-order valence-electron chi connectivity index (χ2n) is 3.16. The normalized spacial score (nSPS) is 11.4. The first-order valence-electron chi connectivity index (χ1n) is 5.00. The summed E-state index contributed by atoms with van der Waals surface area (Å²) in [6.45, 7) is 0.314. The van der Waals surface area contributed by atoms with E-state index in [-0.39, 0.29) is 0 Å². The third kappa shape index (κ3) is 3.04. The predicted molar refractivity (Wildman–Crippen MR) is 72.2 cm³/mol. The van der Waals surface area contributed by atoms with Crippen LogP contribution in [0.4, 0.5) is 5.69 Å². The van der Waals surface area contributed by atoms with Crippen LogP contribution in [0.25, 0.3) is 0 Å². The van der Waals surface area contributed by atoms with Gasteiger partial charge in [-0.3, -0.25) is 0 Å². The molecule has 1 aromatic rings. The molecule has 0 saturated heterocycles. The number of methoxy groups -OCH3 is 2. The summed E-state index contributed by atoms with van der Waals surface area (Å²) in [5.74, 6) is 1.29. The number of rotatable bonds is 4. The highest BCUT2D eigenvalue weighted by molar-refractivity contribution is 8.13. The molecule has 0 aliphatic heterocycles.